The minimum Gasteiger partial charge on any atom is -0.481 e. The summed E-state index contributed by atoms with van der Waals surface area (Å²) in [6, 6.07) is 0. The summed E-state index contributed by atoms with van der Waals surface area (Å²) in [7, 11) is 0. The molecule has 0 aliphatic rings. The van der Waals surface area contributed by atoms with Gasteiger partial charge in [0, 0.05) is 13.0 Å². The van der Waals surface area contributed by atoms with Crippen molar-refractivity contribution in [2.45, 2.75) is 12.8 Å². The maximum Gasteiger partial charge on any atom is 0.309 e. The molecular weight excluding hydrogens is 312 g/mol. The van der Waals surface area contributed by atoms with E-state index in [1.807, 2.05) is 0 Å². The highest BCUT2D eigenvalue weighted by atomic mass is 16.4. The minimum atomic E-state index is -1.41. The molecule has 0 amide bonds. The van der Waals surface area contributed by atoms with Crippen LogP contribution in [0.4, 0.5) is 17.8 Å². The van der Waals surface area contributed by atoms with Gasteiger partial charge in [-0.2, -0.15) is 15.0 Å². The van der Waals surface area contributed by atoms with Gasteiger partial charge in [0.25, 0.3) is 0 Å². The molecule has 2 atom stereocenters. The average molecular weight is 328 g/mol. The molecule has 2 unspecified atom stereocenters. The second kappa shape index (κ2) is 7.72. The van der Waals surface area contributed by atoms with Crippen LogP contribution in [0.3, 0.4) is 0 Å². The fraction of sp³-hybridized carbons (Fsp3) is 0.455. The second-order valence-electron chi connectivity index (χ2n) is 4.58. The molecule has 23 heavy (non-hydrogen) atoms. The molecule has 0 bridgehead atoms. The Labute approximate surface area is 129 Å². The van der Waals surface area contributed by atoms with Gasteiger partial charge in [-0.25, -0.2) is 0 Å². The van der Waals surface area contributed by atoms with Crippen LogP contribution in [0, 0.1) is 11.8 Å². The summed E-state index contributed by atoms with van der Waals surface area (Å²) in [4.78, 5) is 43.9. The van der Waals surface area contributed by atoms with Gasteiger partial charge in [0.05, 0.1) is 11.8 Å². The molecule has 0 spiro atoms. The third-order valence-electron chi connectivity index (χ3n) is 2.94. The number of nitrogens with one attached hydrogen (secondary N) is 1. The van der Waals surface area contributed by atoms with Crippen LogP contribution in [0.25, 0.3) is 0 Å². The summed E-state index contributed by atoms with van der Waals surface area (Å²) in [5, 5.41) is 29.5. The third kappa shape index (κ3) is 5.61. The molecule has 1 aromatic heterocycles. The highest BCUT2D eigenvalue weighted by Gasteiger charge is 2.34. The van der Waals surface area contributed by atoms with Gasteiger partial charge >= 0.3 is 17.9 Å². The number of aliphatic carboxylic acids is 3. The first kappa shape index (κ1) is 17.9. The largest absolute Gasteiger partial charge is 0.481 e. The standard InChI is InChI=1S/C11H16N6O6/c12-9-15-10(13)17-11(16-9)14-3-5(8(22)23)4(7(20)21)1-2-6(18)19/h4-5H,1-3H2,(H,18,19)(H,20,21)(H,22,23)(H5,12,13,14,15,16,17). The number of nitrogen functional groups attached to an aromatic ring is 2. The Kier molecular flexibility index (Phi) is 6.00. The van der Waals surface area contributed by atoms with Crippen LogP contribution >= 0.6 is 0 Å². The molecule has 8 N–H and O–H groups in total. The first-order valence-electron chi connectivity index (χ1n) is 6.39. The highest BCUT2D eigenvalue weighted by Crippen LogP contribution is 2.20. The Hall–Kier alpha value is -3.18. The number of nitrogens with zero attached hydrogens (tertiary/aromatic N) is 3. The molecule has 126 valence electrons. The summed E-state index contributed by atoms with van der Waals surface area (Å²) in [6.07, 6.45) is -0.794. The van der Waals surface area contributed by atoms with Gasteiger partial charge in [0.2, 0.25) is 17.8 Å². The van der Waals surface area contributed by atoms with Crippen LogP contribution in [0.5, 0.6) is 0 Å². The van der Waals surface area contributed by atoms with Gasteiger partial charge in [0.1, 0.15) is 0 Å². The molecule has 1 heterocycles. The zero-order valence-corrected chi connectivity index (χ0v) is 11.8. The molecule has 12 heteroatoms. The lowest BCUT2D eigenvalue weighted by Gasteiger charge is -2.20. The number of hydrogen-bond donors (Lipinski definition) is 6. The number of rotatable bonds is 9. The molecule has 0 fully saturated rings. The molecule has 1 aromatic rings. The first-order chi connectivity index (χ1) is 10.7. The molecule has 0 radical (unpaired) electrons. The van der Waals surface area contributed by atoms with E-state index in [0.717, 1.165) is 0 Å². The second-order valence-corrected chi connectivity index (χ2v) is 4.58. The third-order valence-corrected chi connectivity index (χ3v) is 2.94. The van der Waals surface area contributed by atoms with Gasteiger partial charge in [-0.3, -0.25) is 14.4 Å². The van der Waals surface area contributed by atoms with Crippen molar-refractivity contribution in [3.05, 3.63) is 0 Å². The van der Waals surface area contributed by atoms with Gasteiger partial charge in [-0.05, 0) is 6.42 Å². The van der Waals surface area contributed by atoms with Crippen molar-refractivity contribution in [1.29, 1.82) is 0 Å². The van der Waals surface area contributed by atoms with Crippen molar-refractivity contribution < 1.29 is 29.7 Å². The maximum absolute atomic E-state index is 11.3. The van der Waals surface area contributed by atoms with E-state index in [-0.39, 0.29) is 30.8 Å². The van der Waals surface area contributed by atoms with E-state index in [1.165, 1.54) is 0 Å². The van der Waals surface area contributed by atoms with Crippen LogP contribution in [-0.4, -0.2) is 54.7 Å². The Morgan fingerprint density at radius 2 is 1.48 bits per heavy atom. The van der Waals surface area contributed by atoms with E-state index < -0.39 is 36.2 Å². The Morgan fingerprint density at radius 3 is 1.91 bits per heavy atom. The van der Waals surface area contributed by atoms with E-state index in [4.69, 9.17) is 21.7 Å². The number of carboxylic acid groups (broad SMARTS) is 3. The molecule has 0 saturated carbocycles. The monoisotopic (exact) mass is 328 g/mol. The Bertz CT molecular complexity index is 588. The van der Waals surface area contributed by atoms with Crippen LogP contribution in [0.2, 0.25) is 0 Å². The van der Waals surface area contributed by atoms with Crippen LogP contribution in [0.15, 0.2) is 0 Å². The number of carbonyl (C=O) groups is 3. The molecular formula is C11H16N6O6. The van der Waals surface area contributed by atoms with E-state index in [1.54, 1.807) is 0 Å². The SMILES string of the molecule is Nc1nc(N)nc(NCC(C(=O)O)C(CCC(=O)O)C(=O)O)n1. The van der Waals surface area contributed by atoms with Gasteiger partial charge < -0.3 is 32.1 Å². The Morgan fingerprint density at radius 1 is 0.957 bits per heavy atom. The lowest BCUT2D eigenvalue weighted by atomic mass is 9.88. The molecule has 0 aromatic carbocycles. The minimum absolute atomic E-state index is 0.108. The number of hydrogen-bond acceptors (Lipinski definition) is 9. The molecule has 0 aliphatic heterocycles. The van der Waals surface area contributed by atoms with E-state index >= 15 is 0 Å². The van der Waals surface area contributed by atoms with Gasteiger partial charge in [-0.15, -0.1) is 0 Å². The number of nitrogens with two attached hydrogens (primary N) is 2. The normalized spacial score (nSPS) is 13.0. The molecule has 12 nitrogen and oxygen atoms in total. The maximum atomic E-state index is 11.3. The lowest BCUT2D eigenvalue weighted by Crippen LogP contribution is -2.35. The lowest BCUT2D eigenvalue weighted by molar-refractivity contribution is -0.154. The van der Waals surface area contributed by atoms with E-state index in [0.29, 0.717) is 0 Å². The zero-order valence-electron chi connectivity index (χ0n) is 11.8. The number of aromatic nitrogens is 3. The molecule has 0 aliphatic carbocycles. The predicted octanol–water partition coefficient (Wildman–Crippen LogP) is -1.29. The molecule has 1 rings (SSSR count). The predicted molar refractivity (Wildman–Crippen MR) is 76.3 cm³/mol. The smallest absolute Gasteiger partial charge is 0.309 e. The van der Waals surface area contributed by atoms with E-state index in [9.17, 15) is 19.5 Å². The van der Waals surface area contributed by atoms with Crippen molar-refractivity contribution in [2.24, 2.45) is 11.8 Å². The van der Waals surface area contributed by atoms with Crippen molar-refractivity contribution >= 4 is 35.8 Å². The quantitative estimate of drug-likeness (QED) is 0.312. The van der Waals surface area contributed by atoms with Gasteiger partial charge in [0.15, 0.2) is 0 Å². The number of anilines is 3. The summed E-state index contributed by atoms with van der Waals surface area (Å²) >= 11 is 0. The van der Waals surface area contributed by atoms with Crippen LogP contribution in [0.1, 0.15) is 12.8 Å². The number of carboxylic acids is 3. The summed E-state index contributed by atoms with van der Waals surface area (Å²) in [5.74, 6) is -7.30. The van der Waals surface area contributed by atoms with E-state index in [2.05, 4.69) is 20.3 Å². The van der Waals surface area contributed by atoms with Crippen molar-refractivity contribution in [2.75, 3.05) is 23.3 Å². The summed E-state index contributed by atoms with van der Waals surface area (Å²) < 4.78 is 0. The Balaban J connectivity index is 2.85. The van der Waals surface area contributed by atoms with Crippen molar-refractivity contribution in [3.8, 4) is 0 Å². The highest BCUT2D eigenvalue weighted by molar-refractivity contribution is 5.81. The van der Waals surface area contributed by atoms with Crippen LogP contribution < -0.4 is 16.8 Å². The fourth-order valence-corrected chi connectivity index (χ4v) is 1.87. The summed E-state index contributed by atoms with van der Waals surface area (Å²) in [6.45, 7) is -0.352. The van der Waals surface area contributed by atoms with Crippen LogP contribution in [-0.2, 0) is 14.4 Å². The zero-order chi connectivity index (χ0) is 17.6. The fourth-order valence-electron chi connectivity index (χ4n) is 1.87. The molecule has 0 saturated heterocycles. The average Bonchev–Trinajstić information content (AvgIpc) is 2.40. The van der Waals surface area contributed by atoms with Crippen molar-refractivity contribution in [1.82, 2.24) is 15.0 Å². The first-order valence-corrected chi connectivity index (χ1v) is 6.39. The van der Waals surface area contributed by atoms with Crippen molar-refractivity contribution in [3.63, 3.8) is 0 Å². The topological polar surface area (TPSA) is 215 Å². The van der Waals surface area contributed by atoms with Gasteiger partial charge in [-0.1, -0.05) is 0 Å². The summed E-state index contributed by atoms with van der Waals surface area (Å²) in [5.41, 5.74) is 10.7.